The lowest BCUT2D eigenvalue weighted by molar-refractivity contribution is -0.117. The summed E-state index contributed by atoms with van der Waals surface area (Å²) in [5.74, 6) is 1.12. The van der Waals surface area contributed by atoms with Crippen molar-refractivity contribution in [3.63, 3.8) is 0 Å². The lowest BCUT2D eigenvalue weighted by Gasteiger charge is -2.32. The van der Waals surface area contributed by atoms with E-state index in [9.17, 15) is 4.79 Å². The van der Waals surface area contributed by atoms with E-state index in [2.05, 4.69) is 48.5 Å². The van der Waals surface area contributed by atoms with Gasteiger partial charge < -0.3 is 9.64 Å². The number of amides is 1. The van der Waals surface area contributed by atoms with Gasteiger partial charge in [0.25, 0.3) is 0 Å². The van der Waals surface area contributed by atoms with Crippen molar-refractivity contribution in [1.82, 2.24) is 0 Å². The minimum atomic E-state index is 0.0932. The molecule has 1 aliphatic heterocycles. The van der Waals surface area contributed by atoms with Crippen molar-refractivity contribution in [3.05, 3.63) is 96.1 Å². The van der Waals surface area contributed by atoms with Gasteiger partial charge in [0.2, 0.25) is 5.91 Å². The first-order valence-electron chi connectivity index (χ1n) is 9.34. The summed E-state index contributed by atoms with van der Waals surface area (Å²) in [4.78, 5) is 14.8. The summed E-state index contributed by atoms with van der Waals surface area (Å²) in [6.07, 6.45) is 1.42. The quantitative estimate of drug-likeness (QED) is 0.641. The van der Waals surface area contributed by atoms with Gasteiger partial charge in [0.05, 0.1) is 7.11 Å². The van der Waals surface area contributed by atoms with E-state index in [0.717, 1.165) is 17.9 Å². The normalized spacial score (nSPS) is 16.7. The highest BCUT2D eigenvalue weighted by atomic mass is 16.5. The molecule has 0 aromatic heterocycles. The van der Waals surface area contributed by atoms with Crippen LogP contribution < -0.4 is 9.64 Å². The highest BCUT2D eigenvalue weighted by Gasteiger charge is 2.38. The van der Waals surface area contributed by atoms with Crippen LogP contribution in [0, 0.1) is 0 Å². The molecule has 1 heterocycles. The van der Waals surface area contributed by atoms with Crippen molar-refractivity contribution in [2.75, 3.05) is 12.0 Å². The largest absolute Gasteiger partial charge is 0.497 e. The van der Waals surface area contributed by atoms with Crippen molar-refractivity contribution in [2.24, 2.45) is 0 Å². The van der Waals surface area contributed by atoms with Crippen LogP contribution in [0.4, 0.5) is 5.69 Å². The van der Waals surface area contributed by atoms with E-state index in [1.165, 1.54) is 11.1 Å². The topological polar surface area (TPSA) is 29.5 Å². The number of benzene rings is 3. The summed E-state index contributed by atoms with van der Waals surface area (Å²) >= 11 is 0. The van der Waals surface area contributed by atoms with Crippen LogP contribution in [-0.2, 0) is 4.79 Å². The van der Waals surface area contributed by atoms with Gasteiger partial charge in [0, 0.05) is 24.1 Å². The molecule has 0 radical (unpaired) electrons. The Morgan fingerprint density at radius 1 is 0.852 bits per heavy atom. The molecular weight excluding hydrogens is 334 g/mol. The van der Waals surface area contributed by atoms with Crippen molar-refractivity contribution in [3.8, 4) is 5.75 Å². The fourth-order valence-corrected chi connectivity index (χ4v) is 4.06. The lowest BCUT2D eigenvalue weighted by atomic mass is 9.83. The number of methoxy groups -OCH3 is 1. The molecule has 4 rings (SSSR count). The minimum absolute atomic E-state index is 0.0932. The molecule has 27 heavy (non-hydrogen) atoms. The van der Waals surface area contributed by atoms with Gasteiger partial charge in [-0.2, -0.15) is 0 Å². The Labute approximate surface area is 160 Å². The molecule has 0 bridgehead atoms. The van der Waals surface area contributed by atoms with Gasteiger partial charge in [-0.1, -0.05) is 60.7 Å². The van der Waals surface area contributed by atoms with Gasteiger partial charge in [-0.05, 0) is 41.8 Å². The molecule has 1 aliphatic rings. The summed E-state index contributed by atoms with van der Waals surface area (Å²) in [6.45, 7) is 0. The summed E-state index contributed by atoms with van der Waals surface area (Å²) in [6, 6.07) is 28.9. The molecule has 1 amide bonds. The predicted octanol–water partition coefficient (Wildman–Crippen LogP) is 5.02. The second-order valence-corrected chi connectivity index (χ2v) is 6.87. The maximum absolute atomic E-state index is 12.8. The van der Waals surface area contributed by atoms with Crippen molar-refractivity contribution in [2.45, 2.75) is 24.8 Å². The molecular formula is C24H23NO2. The third-order valence-corrected chi connectivity index (χ3v) is 5.31. The van der Waals surface area contributed by atoms with Crippen molar-refractivity contribution < 1.29 is 9.53 Å². The van der Waals surface area contributed by atoms with Crippen LogP contribution in [0.1, 0.15) is 29.9 Å². The Morgan fingerprint density at radius 3 is 1.93 bits per heavy atom. The van der Waals surface area contributed by atoms with Gasteiger partial charge in [-0.15, -0.1) is 0 Å². The Hall–Kier alpha value is -3.07. The van der Waals surface area contributed by atoms with E-state index in [0.29, 0.717) is 6.42 Å². The van der Waals surface area contributed by atoms with Crippen LogP contribution in [0.2, 0.25) is 0 Å². The number of hydrogen-bond donors (Lipinski definition) is 0. The zero-order chi connectivity index (χ0) is 18.6. The summed E-state index contributed by atoms with van der Waals surface area (Å²) in [5.41, 5.74) is 3.41. The van der Waals surface area contributed by atoms with Crippen molar-refractivity contribution in [1.29, 1.82) is 0 Å². The SMILES string of the molecule is COc1ccc(N2C(=O)CCC2C(c2ccccc2)c2ccccc2)cc1. The molecule has 1 atom stereocenters. The Morgan fingerprint density at radius 2 is 1.41 bits per heavy atom. The lowest BCUT2D eigenvalue weighted by Crippen LogP contribution is -2.37. The zero-order valence-electron chi connectivity index (χ0n) is 15.4. The number of rotatable bonds is 5. The highest BCUT2D eigenvalue weighted by Crippen LogP contribution is 2.39. The van der Waals surface area contributed by atoms with Crippen LogP contribution in [0.25, 0.3) is 0 Å². The number of carbonyl (C=O) groups excluding carboxylic acids is 1. The molecule has 0 N–H and O–H groups in total. The van der Waals surface area contributed by atoms with Crippen molar-refractivity contribution >= 4 is 11.6 Å². The molecule has 0 saturated carbocycles. The molecule has 136 valence electrons. The average Bonchev–Trinajstić information content (AvgIpc) is 3.11. The second kappa shape index (κ2) is 7.67. The van der Waals surface area contributed by atoms with Crippen LogP contribution in [-0.4, -0.2) is 19.1 Å². The van der Waals surface area contributed by atoms with E-state index in [-0.39, 0.29) is 17.9 Å². The second-order valence-electron chi connectivity index (χ2n) is 6.87. The third-order valence-electron chi connectivity index (χ3n) is 5.31. The standard InChI is InChI=1S/C24H23NO2/c1-27-21-14-12-20(13-15-21)25-22(16-17-23(25)26)24(18-8-4-2-5-9-18)19-10-6-3-7-11-19/h2-15,22,24H,16-17H2,1H3. The number of ether oxygens (including phenoxy) is 1. The number of anilines is 1. The van der Waals surface area contributed by atoms with Gasteiger partial charge in [0.15, 0.2) is 0 Å². The highest BCUT2D eigenvalue weighted by molar-refractivity contribution is 5.96. The summed E-state index contributed by atoms with van der Waals surface area (Å²) in [7, 11) is 1.65. The van der Waals surface area contributed by atoms with Crippen LogP contribution >= 0.6 is 0 Å². The minimum Gasteiger partial charge on any atom is -0.497 e. The fourth-order valence-electron chi connectivity index (χ4n) is 4.06. The molecule has 1 fully saturated rings. The van der Waals surface area contributed by atoms with E-state index >= 15 is 0 Å². The van der Waals surface area contributed by atoms with E-state index in [1.54, 1.807) is 7.11 Å². The smallest absolute Gasteiger partial charge is 0.227 e. The van der Waals surface area contributed by atoms with E-state index < -0.39 is 0 Å². The maximum Gasteiger partial charge on any atom is 0.227 e. The summed E-state index contributed by atoms with van der Waals surface area (Å²) < 4.78 is 5.27. The first kappa shape index (κ1) is 17.3. The molecule has 3 heteroatoms. The predicted molar refractivity (Wildman–Crippen MR) is 108 cm³/mol. The van der Waals surface area contributed by atoms with E-state index in [4.69, 9.17) is 4.74 Å². The molecule has 0 spiro atoms. The first-order valence-corrected chi connectivity index (χ1v) is 9.34. The Kier molecular flexibility index (Phi) is 4.93. The van der Waals surface area contributed by atoms with E-state index in [1.807, 2.05) is 41.3 Å². The van der Waals surface area contributed by atoms with Gasteiger partial charge in [0.1, 0.15) is 5.75 Å². The number of carbonyl (C=O) groups is 1. The molecule has 3 nitrogen and oxygen atoms in total. The Bertz CT molecular complexity index is 851. The Balaban J connectivity index is 1.77. The van der Waals surface area contributed by atoms with Gasteiger partial charge >= 0.3 is 0 Å². The average molecular weight is 357 g/mol. The monoisotopic (exact) mass is 357 g/mol. The number of nitrogens with zero attached hydrogens (tertiary/aromatic N) is 1. The van der Waals surface area contributed by atoms with Gasteiger partial charge in [-0.25, -0.2) is 0 Å². The van der Waals surface area contributed by atoms with Crippen LogP contribution in [0.5, 0.6) is 5.75 Å². The third kappa shape index (κ3) is 3.45. The molecule has 1 unspecified atom stereocenters. The molecule has 0 aliphatic carbocycles. The fraction of sp³-hybridized carbons (Fsp3) is 0.208. The summed E-state index contributed by atoms with van der Waals surface area (Å²) in [5, 5.41) is 0. The first-order chi connectivity index (χ1) is 13.3. The molecule has 1 saturated heterocycles. The molecule has 3 aromatic carbocycles. The van der Waals surface area contributed by atoms with Crippen LogP contribution in [0.3, 0.4) is 0 Å². The van der Waals surface area contributed by atoms with Gasteiger partial charge in [-0.3, -0.25) is 4.79 Å². The van der Waals surface area contributed by atoms with Crippen LogP contribution in [0.15, 0.2) is 84.9 Å². The molecule has 3 aromatic rings. The number of hydrogen-bond acceptors (Lipinski definition) is 2. The maximum atomic E-state index is 12.8. The zero-order valence-corrected chi connectivity index (χ0v) is 15.4.